The van der Waals surface area contributed by atoms with Gasteiger partial charge in [-0.2, -0.15) is 5.26 Å². The third-order valence-electron chi connectivity index (χ3n) is 5.56. The van der Waals surface area contributed by atoms with Gasteiger partial charge in [-0.1, -0.05) is 12.1 Å². The zero-order valence-corrected chi connectivity index (χ0v) is 19.2. The average molecular weight is 475 g/mol. The number of halogens is 2. The van der Waals surface area contributed by atoms with Gasteiger partial charge in [0.2, 0.25) is 0 Å². The molecule has 0 radical (unpaired) electrons. The predicted molar refractivity (Wildman–Crippen MR) is 132 cm³/mol. The largest absolute Gasteiger partial charge is 0.493 e. The number of benzene rings is 2. The van der Waals surface area contributed by atoms with Crippen LogP contribution in [0.2, 0.25) is 0 Å². The third kappa shape index (κ3) is 6.01. The van der Waals surface area contributed by atoms with Gasteiger partial charge < -0.3 is 14.8 Å². The summed E-state index contributed by atoms with van der Waals surface area (Å²) >= 11 is 0. The van der Waals surface area contributed by atoms with Crippen LogP contribution in [-0.2, 0) is 0 Å². The van der Waals surface area contributed by atoms with Gasteiger partial charge in [-0.15, -0.1) is 0 Å². The van der Waals surface area contributed by atoms with Gasteiger partial charge >= 0.3 is 0 Å². The van der Waals surface area contributed by atoms with E-state index in [9.17, 15) is 8.78 Å². The van der Waals surface area contributed by atoms with Crippen molar-refractivity contribution in [3.63, 3.8) is 0 Å². The Labute approximate surface area is 202 Å². The van der Waals surface area contributed by atoms with E-state index in [0.717, 1.165) is 43.4 Å². The fourth-order valence-electron chi connectivity index (χ4n) is 3.85. The lowest BCUT2D eigenvalue weighted by Crippen LogP contribution is -2.12. The topological polar surface area (TPSA) is 79.5 Å². The maximum atomic E-state index is 14.6. The number of aromatic nitrogens is 1. The van der Waals surface area contributed by atoms with Crippen LogP contribution in [0.1, 0.15) is 36.8 Å². The van der Waals surface area contributed by atoms with Crippen molar-refractivity contribution in [2.24, 2.45) is 4.99 Å². The Kier molecular flexibility index (Phi) is 7.68. The number of allylic oxidation sites excluding steroid dienone is 1. The average Bonchev–Trinajstić information content (AvgIpc) is 3.37. The van der Waals surface area contributed by atoms with E-state index in [0.29, 0.717) is 22.9 Å². The van der Waals surface area contributed by atoms with Crippen molar-refractivity contribution >= 4 is 29.5 Å². The first kappa shape index (κ1) is 23.9. The fourth-order valence-corrected chi connectivity index (χ4v) is 3.85. The predicted octanol–water partition coefficient (Wildman–Crippen LogP) is 6.72. The van der Waals surface area contributed by atoms with Gasteiger partial charge in [-0.25, -0.2) is 13.8 Å². The van der Waals surface area contributed by atoms with Gasteiger partial charge in [0, 0.05) is 24.0 Å². The molecule has 35 heavy (non-hydrogen) atoms. The summed E-state index contributed by atoms with van der Waals surface area (Å²) in [4.78, 5) is 8.28. The molecule has 0 aliphatic heterocycles. The number of ether oxygens (including phenoxy) is 2. The SMILES string of the molecule is COc1cccc(/C=C/C=Nc2c(F)cc(F)cc2Nc2ccc(C#N)cn2)c1OC1CCCC1. The Bertz CT molecular complexity index is 1280. The van der Waals surface area contributed by atoms with Crippen molar-refractivity contribution < 1.29 is 18.3 Å². The number of para-hydroxylation sites is 1. The van der Waals surface area contributed by atoms with Gasteiger partial charge in [0.05, 0.1) is 24.5 Å². The molecule has 0 amide bonds. The molecular weight excluding hydrogens is 450 g/mol. The molecule has 0 unspecified atom stereocenters. The first-order chi connectivity index (χ1) is 17.1. The molecule has 1 aliphatic rings. The van der Waals surface area contributed by atoms with E-state index < -0.39 is 11.6 Å². The Morgan fingerprint density at radius 3 is 2.71 bits per heavy atom. The Balaban J connectivity index is 1.56. The number of hydrogen-bond donors (Lipinski definition) is 1. The van der Waals surface area contributed by atoms with Gasteiger partial charge in [0.1, 0.15) is 23.4 Å². The van der Waals surface area contributed by atoms with E-state index in [-0.39, 0.29) is 17.5 Å². The molecule has 1 fully saturated rings. The number of rotatable bonds is 8. The zero-order valence-electron chi connectivity index (χ0n) is 19.2. The van der Waals surface area contributed by atoms with E-state index in [1.807, 2.05) is 24.3 Å². The highest BCUT2D eigenvalue weighted by atomic mass is 19.1. The van der Waals surface area contributed by atoms with Crippen LogP contribution in [-0.4, -0.2) is 24.4 Å². The lowest BCUT2D eigenvalue weighted by atomic mass is 10.1. The second-order valence-corrected chi connectivity index (χ2v) is 7.99. The minimum atomic E-state index is -0.822. The smallest absolute Gasteiger partial charge is 0.168 e. The number of pyridine rings is 1. The molecule has 3 aromatic rings. The summed E-state index contributed by atoms with van der Waals surface area (Å²) in [5.74, 6) is 0.0532. The number of nitriles is 1. The van der Waals surface area contributed by atoms with E-state index in [1.165, 1.54) is 12.4 Å². The Hall–Kier alpha value is -4.25. The van der Waals surface area contributed by atoms with E-state index in [4.69, 9.17) is 14.7 Å². The summed E-state index contributed by atoms with van der Waals surface area (Å²) in [7, 11) is 1.60. The van der Waals surface area contributed by atoms with Gasteiger partial charge in [0.15, 0.2) is 17.3 Å². The van der Waals surface area contributed by atoms with E-state index in [2.05, 4.69) is 15.3 Å². The van der Waals surface area contributed by atoms with E-state index >= 15 is 0 Å². The molecule has 4 rings (SSSR count). The fraction of sp³-hybridized carbons (Fsp3) is 0.222. The summed E-state index contributed by atoms with van der Waals surface area (Å²) in [6, 6.07) is 12.6. The molecule has 0 atom stereocenters. The van der Waals surface area contributed by atoms with Crippen LogP contribution in [0.25, 0.3) is 6.08 Å². The highest BCUT2D eigenvalue weighted by Crippen LogP contribution is 2.36. The minimum absolute atomic E-state index is 0.0738. The first-order valence-corrected chi connectivity index (χ1v) is 11.2. The van der Waals surface area contributed by atoms with Crippen LogP contribution in [0, 0.1) is 23.0 Å². The maximum Gasteiger partial charge on any atom is 0.168 e. The molecule has 0 saturated heterocycles. The Morgan fingerprint density at radius 2 is 2.00 bits per heavy atom. The molecule has 1 heterocycles. The maximum absolute atomic E-state index is 14.6. The monoisotopic (exact) mass is 474 g/mol. The van der Waals surface area contributed by atoms with Crippen LogP contribution in [0.15, 0.2) is 59.7 Å². The molecule has 1 N–H and O–H groups in total. The number of nitrogens with one attached hydrogen (secondary N) is 1. The van der Waals surface area contributed by atoms with Crippen LogP contribution in [0.3, 0.4) is 0 Å². The molecule has 1 aromatic heterocycles. The van der Waals surface area contributed by atoms with Crippen molar-refractivity contribution in [2.75, 3.05) is 12.4 Å². The second kappa shape index (κ2) is 11.3. The zero-order chi connectivity index (χ0) is 24.6. The lowest BCUT2D eigenvalue weighted by molar-refractivity contribution is 0.200. The number of aliphatic imine (C=N–C) groups is 1. The summed E-state index contributed by atoms with van der Waals surface area (Å²) < 4.78 is 40.1. The molecule has 178 valence electrons. The highest BCUT2D eigenvalue weighted by Gasteiger charge is 2.20. The van der Waals surface area contributed by atoms with Gasteiger partial charge in [-0.05, 0) is 62.1 Å². The number of methoxy groups -OCH3 is 1. The van der Waals surface area contributed by atoms with Crippen molar-refractivity contribution in [3.05, 3.63) is 77.5 Å². The van der Waals surface area contributed by atoms with Crippen molar-refractivity contribution in [1.82, 2.24) is 4.98 Å². The normalized spacial score (nSPS) is 13.9. The van der Waals surface area contributed by atoms with Crippen LogP contribution >= 0.6 is 0 Å². The van der Waals surface area contributed by atoms with Crippen molar-refractivity contribution in [1.29, 1.82) is 5.26 Å². The minimum Gasteiger partial charge on any atom is -0.493 e. The summed E-state index contributed by atoms with van der Waals surface area (Å²) in [6.07, 6.45) is 10.7. The summed E-state index contributed by atoms with van der Waals surface area (Å²) in [5, 5.41) is 11.8. The molecular formula is C27H24F2N4O2. The van der Waals surface area contributed by atoms with Gasteiger partial charge in [0.25, 0.3) is 0 Å². The van der Waals surface area contributed by atoms with Crippen LogP contribution < -0.4 is 14.8 Å². The van der Waals surface area contributed by atoms with E-state index in [1.54, 1.807) is 31.4 Å². The third-order valence-corrected chi connectivity index (χ3v) is 5.56. The molecule has 8 heteroatoms. The second-order valence-electron chi connectivity index (χ2n) is 7.99. The highest BCUT2D eigenvalue weighted by molar-refractivity contribution is 5.84. The molecule has 0 spiro atoms. The standard InChI is InChI=1S/C27H24F2N4O2/c1-34-24-10-4-6-19(27(24)35-21-8-2-3-9-21)7-5-13-31-26-22(29)14-20(28)15-23(26)33-25-12-11-18(16-30)17-32-25/h4-7,10-15,17,21H,2-3,8-9H2,1H3,(H,32,33)/b7-5+,31-13?. The molecule has 1 saturated carbocycles. The van der Waals surface area contributed by atoms with Crippen molar-refractivity contribution in [3.8, 4) is 17.6 Å². The summed E-state index contributed by atoms with van der Waals surface area (Å²) in [5.41, 5.74) is 1.21. The molecule has 6 nitrogen and oxygen atoms in total. The molecule has 2 aromatic carbocycles. The number of hydrogen-bond acceptors (Lipinski definition) is 6. The lowest BCUT2D eigenvalue weighted by Gasteiger charge is -2.17. The molecule has 1 aliphatic carbocycles. The first-order valence-electron chi connectivity index (χ1n) is 11.2. The summed E-state index contributed by atoms with van der Waals surface area (Å²) in [6.45, 7) is 0. The number of anilines is 2. The van der Waals surface area contributed by atoms with Crippen molar-refractivity contribution in [2.45, 2.75) is 31.8 Å². The van der Waals surface area contributed by atoms with Crippen LogP contribution in [0.4, 0.5) is 26.0 Å². The Morgan fingerprint density at radius 1 is 1.17 bits per heavy atom. The van der Waals surface area contributed by atoms with Gasteiger partial charge in [-0.3, -0.25) is 4.99 Å². The molecule has 0 bridgehead atoms. The quantitative estimate of drug-likeness (QED) is 0.367. The van der Waals surface area contributed by atoms with Crippen LogP contribution in [0.5, 0.6) is 11.5 Å². The number of nitrogens with zero attached hydrogens (tertiary/aromatic N) is 3.